The van der Waals surface area contributed by atoms with Gasteiger partial charge >= 0.3 is 0 Å². The Kier molecular flexibility index (Phi) is 5.91. The molecule has 0 aliphatic heterocycles. The molecule has 0 aromatic heterocycles. The van der Waals surface area contributed by atoms with Crippen molar-refractivity contribution in [3.8, 4) is 0 Å². The van der Waals surface area contributed by atoms with Gasteiger partial charge in [-0.2, -0.15) is 0 Å². The summed E-state index contributed by atoms with van der Waals surface area (Å²) in [4.78, 5) is 18.1. The Morgan fingerprint density at radius 1 is 0.771 bits per heavy atom. The number of rotatable bonds is 2. The van der Waals surface area contributed by atoms with Crippen LogP contribution in [-0.4, -0.2) is 19.1 Å². The topological polar surface area (TPSA) is 64.3 Å². The van der Waals surface area contributed by atoms with Gasteiger partial charge in [0.25, 0.3) is 0 Å². The number of nitrogens with one attached hydrogen (secondary N) is 1. The summed E-state index contributed by atoms with van der Waals surface area (Å²) >= 11 is 0. The molecule has 0 heterocycles. The summed E-state index contributed by atoms with van der Waals surface area (Å²) in [7, 11) is 1.56. The van der Waals surface area contributed by atoms with Gasteiger partial charge in [-0.25, -0.2) is 5.48 Å². The zero-order valence-electron chi connectivity index (χ0n) is 24.1. The van der Waals surface area contributed by atoms with E-state index in [-0.39, 0.29) is 16.7 Å². The number of amides is 1. The second kappa shape index (κ2) is 7.95. The minimum Gasteiger partial charge on any atom is -0.327 e. The number of hydrogen-bond donors (Lipinski definition) is 2. The first-order chi connectivity index (χ1) is 16.2. The van der Waals surface area contributed by atoms with Crippen molar-refractivity contribution in [3.63, 3.8) is 0 Å². The zero-order chi connectivity index (χ0) is 25.7. The van der Waals surface area contributed by atoms with Gasteiger partial charge in [0, 0.05) is 11.5 Å². The summed E-state index contributed by atoms with van der Waals surface area (Å²) < 4.78 is 0. The third-order valence-electron chi connectivity index (χ3n) is 14.3. The summed E-state index contributed by atoms with van der Waals surface area (Å²) in [6, 6.07) is 0.338. The van der Waals surface area contributed by atoms with Crippen LogP contribution >= 0.6 is 0 Å². The van der Waals surface area contributed by atoms with E-state index in [1.54, 1.807) is 7.11 Å². The van der Waals surface area contributed by atoms with Crippen molar-refractivity contribution in [1.29, 1.82) is 0 Å². The first kappa shape index (κ1) is 26.0. The van der Waals surface area contributed by atoms with Gasteiger partial charge in [-0.3, -0.25) is 9.63 Å². The molecule has 0 bridgehead atoms. The molecule has 1 unspecified atom stereocenters. The normalized spacial score (nSPS) is 55.1. The van der Waals surface area contributed by atoms with E-state index in [1.165, 1.54) is 57.8 Å². The lowest BCUT2D eigenvalue weighted by molar-refractivity contribution is -0.245. The highest BCUT2D eigenvalue weighted by Gasteiger charge is 2.69. The van der Waals surface area contributed by atoms with Gasteiger partial charge in [0.05, 0.1) is 7.11 Å². The molecule has 0 spiro atoms. The van der Waals surface area contributed by atoms with E-state index in [4.69, 9.17) is 10.6 Å². The highest BCUT2D eigenvalue weighted by molar-refractivity contribution is 5.81. The Morgan fingerprint density at radius 2 is 1.46 bits per heavy atom. The number of hydroxylamine groups is 1. The van der Waals surface area contributed by atoms with E-state index in [0.29, 0.717) is 33.6 Å². The zero-order valence-corrected chi connectivity index (χ0v) is 24.1. The number of carbonyl (C=O) groups excluding carboxylic acids is 1. The first-order valence-electron chi connectivity index (χ1n) is 14.8. The Balaban J connectivity index is 1.49. The molecule has 0 aromatic carbocycles. The van der Waals surface area contributed by atoms with Crippen molar-refractivity contribution >= 4 is 5.91 Å². The fraction of sp³-hybridized carbons (Fsp3) is 0.968. The first-order valence-corrected chi connectivity index (χ1v) is 14.8. The molecule has 0 radical (unpaired) electrons. The Hall–Kier alpha value is -0.610. The predicted octanol–water partition coefficient (Wildman–Crippen LogP) is 6.87. The molecule has 35 heavy (non-hydrogen) atoms. The third-order valence-corrected chi connectivity index (χ3v) is 14.3. The average Bonchev–Trinajstić information content (AvgIpc) is 2.78. The lowest BCUT2D eigenvalue weighted by atomic mass is 9.31. The molecule has 5 aliphatic carbocycles. The summed E-state index contributed by atoms with van der Waals surface area (Å²) in [5.41, 5.74) is 10.9. The number of nitrogens with two attached hydrogens (primary N) is 1. The quantitative estimate of drug-likeness (QED) is 0.418. The van der Waals surface area contributed by atoms with Crippen LogP contribution in [0.1, 0.15) is 119 Å². The largest absolute Gasteiger partial charge is 0.327 e. The molecule has 4 heteroatoms. The van der Waals surface area contributed by atoms with Gasteiger partial charge in [-0.1, -0.05) is 48.5 Å². The molecule has 5 saturated carbocycles. The van der Waals surface area contributed by atoms with Crippen molar-refractivity contribution in [3.05, 3.63) is 0 Å². The van der Waals surface area contributed by atoms with Crippen LogP contribution < -0.4 is 11.2 Å². The maximum atomic E-state index is 13.1. The average molecular weight is 487 g/mol. The van der Waals surface area contributed by atoms with E-state index < -0.39 is 0 Å². The molecule has 3 N–H and O–H groups in total. The summed E-state index contributed by atoms with van der Waals surface area (Å²) in [6.07, 6.45) is 13.7. The molecular formula is C31H54N2O2. The minimum absolute atomic E-state index is 0.0861. The van der Waals surface area contributed by atoms with Crippen LogP contribution in [0.5, 0.6) is 0 Å². The van der Waals surface area contributed by atoms with Crippen LogP contribution in [-0.2, 0) is 9.63 Å². The van der Waals surface area contributed by atoms with Crippen LogP contribution in [0.15, 0.2) is 0 Å². The van der Waals surface area contributed by atoms with Gasteiger partial charge < -0.3 is 5.73 Å². The van der Waals surface area contributed by atoms with E-state index in [9.17, 15) is 4.79 Å². The van der Waals surface area contributed by atoms with Crippen LogP contribution in [0.25, 0.3) is 0 Å². The van der Waals surface area contributed by atoms with E-state index in [2.05, 4.69) is 53.9 Å². The number of fused-ring (bicyclic) bond motifs is 7. The number of hydrogen-bond acceptors (Lipinski definition) is 3. The lowest BCUT2D eigenvalue weighted by Gasteiger charge is -2.73. The minimum atomic E-state index is -0.316. The van der Waals surface area contributed by atoms with Crippen molar-refractivity contribution in [2.45, 2.75) is 125 Å². The van der Waals surface area contributed by atoms with Gasteiger partial charge in [0.2, 0.25) is 5.91 Å². The molecule has 10 atom stereocenters. The van der Waals surface area contributed by atoms with Crippen molar-refractivity contribution in [2.24, 2.45) is 61.9 Å². The summed E-state index contributed by atoms with van der Waals surface area (Å²) in [6.45, 7) is 17.7. The lowest BCUT2D eigenvalue weighted by Crippen LogP contribution is -2.67. The van der Waals surface area contributed by atoms with E-state index in [1.807, 2.05) is 0 Å². The van der Waals surface area contributed by atoms with Crippen LogP contribution in [0.3, 0.4) is 0 Å². The molecule has 0 saturated heterocycles. The Labute approximate surface area is 215 Å². The fourth-order valence-electron chi connectivity index (χ4n) is 11.6. The molecular weight excluding hydrogens is 432 g/mol. The smallest absolute Gasteiger partial charge is 0.249 e. The SMILES string of the molecule is CONC(=O)[C@@]1(C)CC[C@]2(C)CC[C@]3(C)[C@H](CC[C@@H]4[C@@]5(C)CC[C@H](N)C(C)(C)C5CC[C@]43C)[C@H]2C1. The highest BCUT2D eigenvalue weighted by atomic mass is 16.6. The summed E-state index contributed by atoms with van der Waals surface area (Å²) in [5, 5.41) is 0. The fourth-order valence-corrected chi connectivity index (χ4v) is 11.6. The van der Waals surface area contributed by atoms with Crippen molar-refractivity contribution in [2.75, 3.05) is 7.11 Å². The maximum absolute atomic E-state index is 13.1. The van der Waals surface area contributed by atoms with E-state index >= 15 is 0 Å². The van der Waals surface area contributed by atoms with Gasteiger partial charge in [-0.15, -0.1) is 0 Å². The predicted molar refractivity (Wildman–Crippen MR) is 142 cm³/mol. The van der Waals surface area contributed by atoms with Crippen molar-refractivity contribution < 1.29 is 9.63 Å². The standard InChI is InChI=1S/C31H54N2O2/c1-26(2)22-11-14-31(7)23(29(22,5)13-12-24(26)32)10-9-20-21-19-28(4,25(34)33-35-8)16-15-27(21,3)17-18-30(20,31)6/h20-24H,9-19,32H2,1-8H3,(H,33,34)/t20-,21-,22?,23-,24+,27-,28+,29+,30-,31-/m1/s1. The molecule has 5 fully saturated rings. The summed E-state index contributed by atoms with van der Waals surface area (Å²) in [5.74, 6) is 2.96. The van der Waals surface area contributed by atoms with Crippen LogP contribution in [0.4, 0.5) is 0 Å². The molecule has 5 aliphatic rings. The molecule has 1 amide bonds. The monoisotopic (exact) mass is 486 g/mol. The van der Waals surface area contributed by atoms with Gasteiger partial charge in [0.1, 0.15) is 0 Å². The van der Waals surface area contributed by atoms with Crippen LogP contribution in [0.2, 0.25) is 0 Å². The number of carbonyl (C=O) groups is 1. The van der Waals surface area contributed by atoms with Crippen LogP contribution in [0, 0.1) is 56.2 Å². The Morgan fingerprint density at radius 3 is 2.14 bits per heavy atom. The second-order valence-electron chi connectivity index (χ2n) is 15.8. The van der Waals surface area contributed by atoms with Gasteiger partial charge in [-0.05, 0) is 121 Å². The molecule has 4 nitrogen and oxygen atoms in total. The van der Waals surface area contributed by atoms with E-state index in [0.717, 1.165) is 30.6 Å². The van der Waals surface area contributed by atoms with Crippen molar-refractivity contribution in [1.82, 2.24) is 5.48 Å². The second-order valence-corrected chi connectivity index (χ2v) is 15.8. The van der Waals surface area contributed by atoms with Gasteiger partial charge in [0.15, 0.2) is 0 Å². The third kappa shape index (κ3) is 3.33. The molecule has 200 valence electrons. The molecule has 0 aromatic rings. The Bertz CT molecular complexity index is 872. The maximum Gasteiger partial charge on any atom is 0.249 e. The highest BCUT2D eigenvalue weighted by Crippen LogP contribution is 2.76. The molecule has 5 rings (SSSR count).